The van der Waals surface area contributed by atoms with Gasteiger partial charge in [-0.2, -0.15) is 0 Å². The van der Waals surface area contributed by atoms with Crippen molar-refractivity contribution in [2.45, 2.75) is 6.54 Å². The van der Waals surface area contributed by atoms with Crippen molar-refractivity contribution >= 4 is 43.5 Å². The highest BCUT2D eigenvalue weighted by Gasteiger charge is 2.09. The van der Waals surface area contributed by atoms with Crippen molar-refractivity contribution < 1.29 is 4.79 Å². The molecule has 0 saturated heterocycles. The Morgan fingerprint density at radius 1 is 1.09 bits per heavy atom. The van der Waals surface area contributed by atoms with Gasteiger partial charge in [0, 0.05) is 11.7 Å². The Hall–Kier alpha value is -2.66. The highest BCUT2D eigenvalue weighted by molar-refractivity contribution is 7.22. The summed E-state index contributed by atoms with van der Waals surface area (Å²) in [6.45, 7) is 0.281. The van der Waals surface area contributed by atoms with Gasteiger partial charge in [0.25, 0.3) is 0 Å². The molecule has 0 radical (unpaired) electrons. The first-order chi connectivity index (χ1) is 10.8. The quantitative estimate of drug-likeness (QED) is 0.624. The van der Waals surface area contributed by atoms with Crippen LogP contribution in [0.25, 0.3) is 21.1 Å². The predicted molar refractivity (Wildman–Crippen MR) is 90.2 cm³/mol. The maximum absolute atomic E-state index is 12.2. The fourth-order valence-corrected chi connectivity index (χ4v) is 3.40. The fourth-order valence-electron chi connectivity index (χ4n) is 2.52. The highest BCUT2D eigenvalue weighted by atomic mass is 32.1. The van der Waals surface area contributed by atoms with Crippen molar-refractivity contribution in [3.63, 3.8) is 0 Å². The molecule has 0 aliphatic heterocycles. The second-order valence-electron chi connectivity index (χ2n) is 5.04. The fraction of sp³-hybridized carbons (Fsp3) is 0.0588. The molecule has 0 aliphatic rings. The zero-order chi connectivity index (χ0) is 14.9. The Kier molecular flexibility index (Phi) is 3.12. The van der Waals surface area contributed by atoms with E-state index in [1.165, 1.54) is 11.3 Å². The minimum Gasteiger partial charge on any atom is -0.338 e. The van der Waals surface area contributed by atoms with E-state index in [4.69, 9.17) is 0 Å². The lowest BCUT2D eigenvalue weighted by Crippen LogP contribution is -2.18. The first kappa shape index (κ1) is 13.0. The number of aromatic nitrogens is 2. The van der Waals surface area contributed by atoms with Crippen LogP contribution in [0.15, 0.2) is 60.8 Å². The largest absolute Gasteiger partial charge is 0.338 e. The third-order valence-electron chi connectivity index (χ3n) is 3.53. The summed E-state index contributed by atoms with van der Waals surface area (Å²) >= 11 is 1.49. The summed E-state index contributed by atoms with van der Waals surface area (Å²) in [5, 5.41) is 4.66. The van der Waals surface area contributed by atoms with Crippen LogP contribution < -0.4 is 5.32 Å². The van der Waals surface area contributed by atoms with Crippen molar-refractivity contribution in [2.75, 3.05) is 5.32 Å². The Morgan fingerprint density at radius 2 is 1.91 bits per heavy atom. The number of nitrogens with zero attached hydrogens (tertiary/aromatic N) is 2. The van der Waals surface area contributed by atoms with E-state index in [0.29, 0.717) is 5.13 Å². The molecule has 1 amide bonds. The van der Waals surface area contributed by atoms with Crippen molar-refractivity contribution in [3.05, 3.63) is 60.8 Å². The summed E-state index contributed by atoms with van der Waals surface area (Å²) in [4.78, 5) is 16.7. The van der Waals surface area contributed by atoms with E-state index in [2.05, 4.69) is 10.3 Å². The number of thiazole rings is 1. The lowest BCUT2D eigenvalue weighted by Gasteiger charge is -2.05. The van der Waals surface area contributed by atoms with Crippen molar-refractivity contribution in [1.29, 1.82) is 0 Å². The number of hydrogen-bond acceptors (Lipinski definition) is 3. The van der Waals surface area contributed by atoms with Crippen molar-refractivity contribution in [3.8, 4) is 0 Å². The Morgan fingerprint density at radius 3 is 2.82 bits per heavy atom. The Bertz CT molecular complexity index is 937. The summed E-state index contributed by atoms with van der Waals surface area (Å²) in [6.07, 6.45) is 1.93. The van der Waals surface area contributed by atoms with Gasteiger partial charge in [-0.1, -0.05) is 41.7 Å². The molecule has 22 heavy (non-hydrogen) atoms. The molecule has 0 bridgehead atoms. The van der Waals surface area contributed by atoms with Crippen LogP contribution >= 0.6 is 11.3 Å². The number of carbonyl (C=O) groups excluding carboxylic acids is 1. The number of fused-ring (bicyclic) bond motifs is 2. The van der Waals surface area contributed by atoms with Crippen molar-refractivity contribution in [1.82, 2.24) is 9.55 Å². The zero-order valence-corrected chi connectivity index (χ0v) is 12.5. The van der Waals surface area contributed by atoms with Gasteiger partial charge >= 0.3 is 0 Å². The van der Waals surface area contributed by atoms with Crippen LogP contribution in [0.3, 0.4) is 0 Å². The van der Waals surface area contributed by atoms with E-state index < -0.39 is 0 Å². The van der Waals surface area contributed by atoms with Gasteiger partial charge in [-0.3, -0.25) is 4.79 Å². The van der Waals surface area contributed by atoms with Gasteiger partial charge in [0.15, 0.2) is 5.13 Å². The molecule has 0 saturated carbocycles. The van der Waals surface area contributed by atoms with Gasteiger partial charge in [0.1, 0.15) is 6.54 Å². The molecule has 4 nitrogen and oxygen atoms in total. The maximum Gasteiger partial charge on any atom is 0.246 e. The SMILES string of the molecule is O=C(Cn1ccc2ccccc21)Nc1nc2ccccc2s1. The third kappa shape index (κ3) is 2.35. The third-order valence-corrected chi connectivity index (χ3v) is 4.49. The Balaban J connectivity index is 1.55. The molecule has 0 atom stereocenters. The van der Waals surface area contributed by atoms with Crippen LogP contribution in [0.1, 0.15) is 0 Å². The second-order valence-corrected chi connectivity index (χ2v) is 6.07. The molecule has 0 aliphatic carbocycles. The average Bonchev–Trinajstić information content (AvgIpc) is 3.11. The summed E-state index contributed by atoms with van der Waals surface area (Å²) < 4.78 is 3.02. The molecule has 2 aromatic carbocycles. The van der Waals surface area contributed by atoms with E-state index in [9.17, 15) is 4.79 Å². The van der Waals surface area contributed by atoms with Crippen LogP contribution in [0.4, 0.5) is 5.13 Å². The molecular weight excluding hydrogens is 294 g/mol. The summed E-state index contributed by atoms with van der Waals surface area (Å²) in [5.74, 6) is -0.0691. The molecule has 0 spiro atoms. The number of benzene rings is 2. The Labute approximate surface area is 131 Å². The number of anilines is 1. The molecule has 108 valence electrons. The summed E-state index contributed by atoms with van der Waals surface area (Å²) in [5.41, 5.74) is 1.97. The number of carbonyl (C=O) groups is 1. The smallest absolute Gasteiger partial charge is 0.246 e. The van der Waals surface area contributed by atoms with Crippen LogP contribution in [0, 0.1) is 0 Å². The van der Waals surface area contributed by atoms with E-state index in [1.54, 1.807) is 0 Å². The second kappa shape index (κ2) is 5.27. The lowest BCUT2D eigenvalue weighted by atomic mass is 10.2. The molecule has 2 aromatic heterocycles. The molecule has 2 heterocycles. The van der Waals surface area contributed by atoms with Gasteiger partial charge in [0.2, 0.25) is 5.91 Å². The molecule has 0 fully saturated rings. The maximum atomic E-state index is 12.2. The van der Waals surface area contributed by atoms with E-state index in [1.807, 2.05) is 65.4 Å². The zero-order valence-electron chi connectivity index (χ0n) is 11.7. The van der Waals surface area contributed by atoms with Gasteiger partial charge < -0.3 is 9.88 Å². The number of rotatable bonds is 3. The topological polar surface area (TPSA) is 46.9 Å². The first-order valence-corrected chi connectivity index (χ1v) is 7.80. The van der Waals surface area contributed by atoms with Gasteiger partial charge in [-0.05, 0) is 29.7 Å². The summed E-state index contributed by atoms with van der Waals surface area (Å²) in [6, 6.07) is 17.9. The molecular formula is C17H13N3OS. The van der Waals surface area contributed by atoms with E-state index in [-0.39, 0.29) is 12.5 Å². The minimum absolute atomic E-state index is 0.0691. The van der Waals surface area contributed by atoms with Crippen LogP contribution in [0.2, 0.25) is 0 Å². The number of para-hydroxylation sites is 2. The minimum atomic E-state index is -0.0691. The first-order valence-electron chi connectivity index (χ1n) is 6.99. The molecule has 4 rings (SSSR count). The standard InChI is InChI=1S/C17H13N3OS/c21-16(11-20-10-9-12-5-1-3-7-14(12)20)19-17-18-13-6-2-4-8-15(13)22-17/h1-10H,11H2,(H,18,19,21). The predicted octanol–water partition coefficient (Wildman–Crippen LogP) is 3.89. The van der Waals surface area contributed by atoms with Crippen molar-refractivity contribution in [2.24, 2.45) is 0 Å². The van der Waals surface area contributed by atoms with Crippen LogP contribution in [-0.2, 0) is 11.3 Å². The van der Waals surface area contributed by atoms with E-state index in [0.717, 1.165) is 21.1 Å². The van der Waals surface area contributed by atoms with E-state index >= 15 is 0 Å². The molecule has 1 N–H and O–H groups in total. The number of amides is 1. The van der Waals surface area contributed by atoms with Crippen LogP contribution in [0.5, 0.6) is 0 Å². The highest BCUT2D eigenvalue weighted by Crippen LogP contribution is 2.25. The molecule has 5 heteroatoms. The monoisotopic (exact) mass is 307 g/mol. The van der Waals surface area contributed by atoms with Gasteiger partial charge in [-0.15, -0.1) is 0 Å². The van der Waals surface area contributed by atoms with Gasteiger partial charge in [-0.25, -0.2) is 4.98 Å². The van der Waals surface area contributed by atoms with Gasteiger partial charge in [0.05, 0.1) is 10.2 Å². The number of nitrogens with one attached hydrogen (secondary N) is 1. The lowest BCUT2D eigenvalue weighted by molar-refractivity contribution is -0.116. The van der Waals surface area contributed by atoms with Crippen LogP contribution in [-0.4, -0.2) is 15.5 Å². The molecule has 0 unspecified atom stereocenters. The normalized spacial score (nSPS) is 11.1. The average molecular weight is 307 g/mol. The summed E-state index contributed by atoms with van der Waals surface area (Å²) in [7, 11) is 0. The number of hydrogen-bond donors (Lipinski definition) is 1. The molecule has 4 aromatic rings.